The van der Waals surface area contributed by atoms with E-state index in [0.29, 0.717) is 6.04 Å². The molecule has 1 unspecified atom stereocenters. The molecule has 0 heterocycles. The van der Waals surface area contributed by atoms with Gasteiger partial charge in [-0.3, -0.25) is 4.90 Å². The minimum absolute atomic E-state index is 0. The van der Waals surface area contributed by atoms with Crippen LogP contribution in [-0.2, 0) is 0 Å². The summed E-state index contributed by atoms with van der Waals surface area (Å²) in [6.45, 7) is 2.24. The van der Waals surface area contributed by atoms with Gasteiger partial charge in [0.05, 0.1) is 20.3 Å². The molecular weight excluding hydrogens is 286 g/mol. The van der Waals surface area contributed by atoms with E-state index < -0.39 is 0 Å². The zero-order valence-corrected chi connectivity index (χ0v) is 14.4. The fourth-order valence-corrected chi connectivity index (χ4v) is 2.95. The third kappa shape index (κ3) is 3.53. The Balaban J connectivity index is 0.00000220. The SMILES string of the molecule is CCCCC1=Cc2cc(OC)c(OC)cc2C1N(C)C.Cl. The van der Waals surface area contributed by atoms with E-state index in [1.165, 1.54) is 29.5 Å². The topological polar surface area (TPSA) is 21.7 Å². The van der Waals surface area contributed by atoms with Gasteiger partial charge in [-0.05, 0) is 55.8 Å². The third-order valence-corrected chi connectivity index (χ3v) is 3.91. The number of nitrogens with zero attached hydrogens (tertiary/aromatic N) is 1. The molecule has 0 aliphatic heterocycles. The molecule has 3 nitrogen and oxygen atoms in total. The number of methoxy groups -OCH3 is 2. The minimum atomic E-state index is 0. The van der Waals surface area contributed by atoms with E-state index >= 15 is 0 Å². The standard InChI is InChI=1S/C17H25NO2.ClH/c1-6-7-8-12-9-13-10-15(19-4)16(20-5)11-14(13)17(12)18(2)3;/h9-11,17H,6-8H2,1-5H3;1H. The summed E-state index contributed by atoms with van der Waals surface area (Å²) in [7, 11) is 7.64. The van der Waals surface area contributed by atoms with Crippen LogP contribution < -0.4 is 9.47 Å². The van der Waals surface area contributed by atoms with Crippen LogP contribution in [0.4, 0.5) is 0 Å². The molecule has 0 bridgehead atoms. The van der Waals surface area contributed by atoms with Crippen molar-refractivity contribution in [3.05, 3.63) is 28.8 Å². The van der Waals surface area contributed by atoms with Crippen molar-refractivity contribution < 1.29 is 9.47 Å². The third-order valence-electron chi connectivity index (χ3n) is 3.91. The molecule has 0 saturated heterocycles. The molecule has 0 amide bonds. The number of ether oxygens (including phenoxy) is 2. The molecule has 0 aromatic heterocycles. The number of benzene rings is 1. The molecule has 1 aromatic carbocycles. The van der Waals surface area contributed by atoms with Crippen molar-refractivity contribution in [3.8, 4) is 11.5 Å². The molecular formula is C17H26ClNO2. The summed E-state index contributed by atoms with van der Waals surface area (Å²) >= 11 is 0. The van der Waals surface area contributed by atoms with Gasteiger partial charge in [-0.1, -0.05) is 19.4 Å². The number of hydrogen-bond acceptors (Lipinski definition) is 3. The number of likely N-dealkylation sites (N-methyl/N-ethyl adjacent to an activating group) is 1. The van der Waals surface area contributed by atoms with Gasteiger partial charge in [0.1, 0.15) is 0 Å². The highest BCUT2D eigenvalue weighted by atomic mass is 35.5. The van der Waals surface area contributed by atoms with Crippen molar-refractivity contribution >= 4 is 18.5 Å². The van der Waals surface area contributed by atoms with Gasteiger partial charge in [-0.25, -0.2) is 0 Å². The summed E-state index contributed by atoms with van der Waals surface area (Å²) in [6.07, 6.45) is 5.93. The van der Waals surface area contributed by atoms with Crippen molar-refractivity contribution in [3.63, 3.8) is 0 Å². The van der Waals surface area contributed by atoms with E-state index in [4.69, 9.17) is 9.47 Å². The predicted octanol–water partition coefficient (Wildman–Crippen LogP) is 4.32. The molecule has 0 saturated carbocycles. The highest BCUT2D eigenvalue weighted by Crippen LogP contribution is 2.44. The lowest BCUT2D eigenvalue weighted by Crippen LogP contribution is -2.20. The maximum atomic E-state index is 5.44. The van der Waals surface area contributed by atoms with Crippen molar-refractivity contribution in [2.24, 2.45) is 0 Å². The van der Waals surface area contributed by atoms with Crippen molar-refractivity contribution in [1.82, 2.24) is 4.90 Å². The van der Waals surface area contributed by atoms with Gasteiger partial charge in [-0.15, -0.1) is 12.4 Å². The van der Waals surface area contributed by atoms with Gasteiger partial charge >= 0.3 is 0 Å². The second kappa shape index (κ2) is 7.71. The summed E-state index contributed by atoms with van der Waals surface area (Å²) in [4.78, 5) is 2.28. The van der Waals surface area contributed by atoms with E-state index in [9.17, 15) is 0 Å². The summed E-state index contributed by atoms with van der Waals surface area (Å²) < 4.78 is 10.8. The smallest absolute Gasteiger partial charge is 0.161 e. The molecule has 1 atom stereocenters. The fraction of sp³-hybridized carbons (Fsp3) is 0.529. The molecule has 0 spiro atoms. The number of fused-ring (bicyclic) bond motifs is 1. The van der Waals surface area contributed by atoms with E-state index in [0.717, 1.165) is 17.9 Å². The van der Waals surface area contributed by atoms with Crippen LogP contribution >= 0.6 is 12.4 Å². The first-order valence-electron chi connectivity index (χ1n) is 7.25. The molecule has 2 rings (SSSR count). The van der Waals surface area contributed by atoms with Gasteiger partial charge in [0.2, 0.25) is 0 Å². The van der Waals surface area contributed by atoms with Crippen LogP contribution in [0.25, 0.3) is 6.08 Å². The fourth-order valence-electron chi connectivity index (χ4n) is 2.95. The lowest BCUT2D eigenvalue weighted by atomic mass is 9.99. The molecule has 0 fully saturated rings. The summed E-state index contributed by atoms with van der Waals surface area (Å²) in [5, 5.41) is 0. The molecule has 4 heteroatoms. The van der Waals surface area contributed by atoms with Crippen molar-refractivity contribution in [2.45, 2.75) is 32.2 Å². The quantitative estimate of drug-likeness (QED) is 0.781. The van der Waals surface area contributed by atoms with Crippen LogP contribution in [-0.4, -0.2) is 33.2 Å². The number of halogens is 1. The van der Waals surface area contributed by atoms with Crippen LogP contribution in [0.3, 0.4) is 0 Å². The molecule has 1 aliphatic rings. The highest BCUT2D eigenvalue weighted by molar-refractivity contribution is 5.85. The van der Waals surface area contributed by atoms with Gasteiger partial charge < -0.3 is 9.47 Å². The van der Waals surface area contributed by atoms with E-state index in [1.807, 2.05) is 0 Å². The van der Waals surface area contributed by atoms with Gasteiger partial charge in [0.25, 0.3) is 0 Å². The largest absolute Gasteiger partial charge is 0.493 e. The number of rotatable bonds is 6. The molecule has 21 heavy (non-hydrogen) atoms. The molecule has 118 valence electrons. The lowest BCUT2D eigenvalue weighted by Gasteiger charge is -2.25. The average molecular weight is 312 g/mol. The van der Waals surface area contributed by atoms with Crippen LogP contribution in [0.15, 0.2) is 17.7 Å². The Kier molecular flexibility index (Phi) is 6.56. The summed E-state index contributed by atoms with van der Waals surface area (Å²) in [5.41, 5.74) is 4.06. The van der Waals surface area contributed by atoms with Crippen LogP contribution in [0.1, 0.15) is 43.4 Å². The van der Waals surface area contributed by atoms with Gasteiger partial charge in [0, 0.05) is 0 Å². The number of unbranched alkanes of at least 4 members (excludes halogenated alkanes) is 1. The first kappa shape index (κ1) is 17.9. The Morgan fingerprint density at radius 2 is 1.71 bits per heavy atom. The maximum Gasteiger partial charge on any atom is 0.161 e. The Labute approximate surface area is 134 Å². The average Bonchev–Trinajstić information content (AvgIpc) is 2.80. The van der Waals surface area contributed by atoms with Gasteiger partial charge in [0.15, 0.2) is 11.5 Å². The van der Waals surface area contributed by atoms with Crippen LogP contribution in [0, 0.1) is 0 Å². The zero-order chi connectivity index (χ0) is 14.7. The molecule has 1 aromatic rings. The van der Waals surface area contributed by atoms with Crippen molar-refractivity contribution in [1.29, 1.82) is 0 Å². The van der Waals surface area contributed by atoms with E-state index in [1.54, 1.807) is 14.2 Å². The Bertz CT molecular complexity index is 512. The highest BCUT2D eigenvalue weighted by Gasteiger charge is 2.28. The van der Waals surface area contributed by atoms with E-state index in [-0.39, 0.29) is 12.4 Å². The summed E-state index contributed by atoms with van der Waals surface area (Å²) in [6, 6.07) is 4.56. The first-order valence-corrected chi connectivity index (χ1v) is 7.25. The predicted molar refractivity (Wildman–Crippen MR) is 90.7 cm³/mol. The Hall–Kier alpha value is -1.19. The van der Waals surface area contributed by atoms with Crippen LogP contribution in [0.5, 0.6) is 11.5 Å². The zero-order valence-electron chi connectivity index (χ0n) is 13.6. The summed E-state index contributed by atoms with van der Waals surface area (Å²) in [5.74, 6) is 1.61. The number of hydrogen-bond donors (Lipinski definition) is 0. The second-order valence-electron chi connectivity index (χ2n) is 5.53. The lowest BCUT2D eigenvalue weighted by molar-refractivity contribution is 0.330. The minimum Gasteiger partial charge on any atom is -0.493 e. The molecule has 0 radical (unpaired) electrons. The molecule has 1 aliphatic carbocycles. The molecule has 0 N–H and O–H groups in total. The second-order valence-corrected chi connectivity index (χ2v) is 5.53. The Morgan fingerprint density at radius 3 is 2.24 bits per heavy atom. The monoisotopic (exact) mass is 311 g/mol. The normalized spacial score (nSPS) is 16.3. The maximum absolute atomic E-state index is 5.44. The van der Waals surface area contributed by atoms with Crippen molar-refractivity contribution in [2.75, 3.05) is 28.3 Å². The van der Waals surface area contributed by atoms with Crippen LogP contribution in [0.2, 0.25) is 0 Å². The Morgan fingerprint density at radius 1 is 1.10 bits per heavy atom. The van der Waals surface area contributed by atoms with Gasteiger partial charge in [-0.2, -0.15) is 0 Å². The first-order chi connectivity index (χ1) is 9.62. The van der Waals surface area contributed by atoms with E-state index in [2.05, 4.69) is 44.1 Å².